The fourth-order valence-electron chi connectivity index (χ4n) is 5.16. The van der Waals surface area contributed by atoms with E-state index in [-0.39, 0.29) is 43.9 Å². The Balaban J connectivity index is 1.27. The summed E-state index contributed by atoms with van der Waals surface area (Å²) in [5.41, 5.74) is 5.49. The van der Waals surface area contributed by atoms with Crippen LogP contribution >= 0.6 is 0 Å². The number of aliphatic carboxylic acids is 1. The molecule has 0 saturated carbocycles. The van der Waals surface area contributed by atoms with Crippen molar-refractivity contribution < 1.29 is 29.0 Å². The summed E-state index contributed by atoms with van der Waals surface area (Å²) in [7, 11) is 0. The van der Waals surface area contributed by atoms with Gasteiger partial charge in [0.2, 0.25) is 5.91 Å². The second-order valence-electron chi connectivity index (χ2n) is 10.8. The monoisotopic (exact) mass is 558 g/mol. The maximum atomic E-state index is 12.9. The zero-order valence-electron chi connectivity index (χ0n) is 23.7. The predicted molar refractivity (Wildman–Crippen MR) is 156 cm³/mol. The molecule has 0 bridgehead atoms. The van der Waals surface area contributed by atoms with Gasteiger partial charge in [0, 0.05) is 18.9 Å². The van der Waals surface area contributed by atoms with E-state index >= 15 is 0 Å². The molecule has 41 heavy (non-hydrogen) atoms. The highest BCUT2D eigenvalue weighted by Gasteiger charge is 2.30. The fraction of sp³-hybridized carbons (Fsp3) is 0.364. The first kappa shape index (κ1) is 29.8. The third-order valence-corrected chi connectivity index (χ3v) is 7.65. The van der Waals surface area contributed by atoms with Gasteiger partial charge in [0.25, 0.3) is 0 Å². The lowest BCUT2D eigenvalue weighted by molar-refractivity contribution is -0.146. The number of fused-ring (bicyclic) bond motifs is 3. The summed E-state index contributed by atoms with van der Waals surface area (Å²) in [4.78, 5) is 37.4. The molecule has 3 atom stereocenters. The second-order valence-corrected chi connectivity index (χ2v) is 10.8. The molecular weight excluding hydrogens is 520 g/mol. The topological polar surface area (TPSA) is 114 Å². The van der Waals surface area contributed by atoms with Crippen LogP contribution in [-0.4, -0.2) is 48.4 Å². The van der Waals surface area contributed by atoms with Crippen molar-refractivity contribution in [1.29, 1.82) is 0 Å². The average molecular weight is 559 g/mol. The number of ether oxygens (including phenoxy) is 2. The molecule has 3 N–H and O–H groups in total. The Kier molecular flexibility index (Phi) is 10.1. The lowest BCUT2D eigenvalue weighted by Crippen LogP contribution is -2.49. The molecule has 8 nitrogen and oxygen atoms in total. The van der Waals surface area contributed by atoms with Crippen molar-refractivity contribution in [1.82, 2.24) is 10.6 Å². The summed E-state index contributed by atoms with van der Waals surface area (Å²) in [5.74, 6) is -1.79. The minimum atomic E-state index is -1.20. The van der Waals surface area contributed by atoms with E-state index in [2.05, 4.69) is 34.9 Å². The van der Waals surface area contributed by atoms with Gasteiger partial charge < -0.3 is 25.2 Å². The van der Waals surface area contributed by atoms with Crippen molar-refractivity contribution in [2.75, 3.05) is 13.2 Å². The smallest absolute Gasteiger partial charge is 0.407 e. The van der Waals surface area contributed by atoms with Gasteiger partial charge in [0.15, 0.2) is 6.04 Å². The van der Waals surface area contributed by atoms with Gasteiger partial charge in [-0.3, -0.25) is 4.79 Å². The number of carboxylic acids is 1. The normalized spacial score (nSPS) is 14.4. The Bertz CT molecular complexity index is 1300. The molecule has 1 aliphatic carbocycles. The van der Waals surface area contributed by atoms with Crippen molar-refractivity contribution in [3.63, 3.8) is 0 Å². The summed E-state index contributed by atoms with van der Waals surface area (Å²) in [6, 6.07) is 24.5. The molecule has 4 rings (SSSR count). The van der Waals surface area contributed by atoms with E-state index in [0.717, 1.165) is 27.8 Å². The number of carbonyl (C=O) groups excluding carboxylic acids is 2. The minimum Gasteiger partial charge on any atom is -0.480 e. The fourth-order valence-corrected chi connectivity index (χ4v) is 5.16. The van der Waals surface area contributed by atoms with Crippen molar-refractivity contribution in [2.24, 2.45) is 11.8 Å². The molecule has 0 heterocycles. The summed E-state index contributed by atoms with van der Waals surface area (Å²) in [6.07, 6.45) is -1.24. The lowest BCUT2D eigenvalue weighted by atomic mass is 9.92. The molecule has 0 saturated heterocycles. The largest absolute Gasteiger partial charge is 0.480 e. The number of hydrogen-bond acceptors (Lipinski definition) is 5. The minimum absolute atomic E-state index is 0.0427. The number of hydrogen-bond donors (Lipinski definition) is 3. The quantitative estimate of drug-likeness (QED) is 0.260. The standard InChI is InChI=1S/C33H38N2O6/c1-21(2)24(17-30(36)35-31(32(37)38)22(3)40-19-23-11-5-4-6-12-23)18-34-33(39)41-20-29-27-15-9-7-13-25(27)26-14-8-10-16-28(26)29/h4-16,21-22,24,29,31H,17-20H2,1-3H3,(H,34,39)(H,35,36)(H,37,38). The van der Waals surface area contributed by atoms with Gasteiger partial charge in [-0.15, -0.1) is 0 Å². The molecule has 0 aromatic heterocycles. The molecule has 8 heteroatoms. The highest BCUT2D eigenvalue weighted by atomic mass is 16.5. The van der Waals surface area contributed by atoms with E-state index in [1.807, 2.05) is 68.4 Å². The van der Waals surface area contributed by atoms with Gasteiger partial charge in [-0.25, -0.2) is 9.59 Å². The number of nitrogens with one attached hydrogen (secondary N) is 2. The van der Waals surface area contributed by atoms with E-state index in [1.165, 1.54) is 0 Å². The number of rotatable bonds is 13. The van der Waals surface area contributed by atoms with Crippen LogP contribution in [0.25, 0.3) is 11.1 Å². The average Bonchev–Trinajstić information content (AvgIpc) is 3.29. The number of alkyl carbamates (subject to hydrolysis) is 1. The van der Waals surface area contributed by atoms with Crippen LogP contribution in [-0.2, 0) is 25.7 Å². The molecule has 1 aliphatic rings. The molecular formula is C33H38N2O6. The van der Waals surface area contributed by atoms with Crippen LogP contribution in [0.1, 0.15) is 49.8 Å². The lowest BCUT2D eigenvalue weighted by Gasteiger charge is -2.25. The Hall–Kier alpha value is -4.17. The highest BCUT2D eigenvalue weighted by Crippen LogP contribution is 2.44. The van der Waals surface area contributed by atoms with Crippen LogP contribution in [0.5, 0.6) is 0 Å². The van der Waals surface area contributed by atoms with Crippen molar-refractivity contribution in [3.05, 3.63) is 95.6 Å². The van der Waals surface area contributed by atoms with Crippen molar-refractivity contribution in [3.8, 4) is 11.1 Å². The Morgan fingerprint density at radius 2 is 1.44 bits per heavy atom. The van der Waals surface area contributed by atoms with Crippen LogP contribution in [0.4, 0.5) is 4.79 Å². The zero-order chi connectivity index (χ0) is 29.4. The SMILES string of the molecule is CC(C)C(CNC(=O)OCC1c2ccccc2-c2ccccc21)CC(=O)NC(C(=O)O)C(C)OCc1ccccc1. The van der Waals surface area contributed by atoms with Crippen LogP contribution in [0.2, 0.25) is 0 Å². The number of carboxylic acid groups (broad SMARTS) is 1. The summed E-state index contributed by atoms with van der Waals surface area (Å²) < 4.78 is 11.3. The Labute approximate surface area is 241 Å². The molecule has 0 aliphatic heterocycles. The molecule has 0 spiro atoms. The van der Waals surface area contributed by atoms with Gasteiger partial charge in [-0.2, -0.15) is 0 Å². The van der Waals surface area contributed by atoms with E-state index in [1.54, 1.807) is 6.92 Å². The van der Waals surface area contributed by atoms with Crippen molar-refractivity contribution >= 4 is 18.0 Å². The van der Waals surface area contributed by atoms with Crippen molar-refractivity contribution in [2.45, 2.75) is 51.9 Å². The molecule has 216 valence electrons. The van der Waals surface area contributed by atoms with Gasteiger partial charge in [-0.1, -0.05) is 92.7 Å². The van der Waals surface area contributed by atoms with Crippen LogP contribution in [0.15, 0.2) is 78.9 Å². The predicted octanol–water partition coefficient (Wildman–Crippen LogP) is 5.36. The van der Waals surface area contributed by atoms with Crippen LogP contribution in [0.3, 0.4) is 0 Å². The van der Waals surface area contributed by atoms with Gasteiger partial charge in [0.1, 0.15) is 6.61 Å². The molecule has 3 aromatic rings. The first-order valence-electron chi connectivity index (χ1n) is 14.0. The van der Waals surface area contributed by atoms with E-state index in [9.17, 15) is 19.5 Å². The molecule has 3 unspecified atom stereocenters. The van der Waals surface area contributed by atoms with Crippen LogP contribution in [0, 0.1) is 11.8 Å². The van der Waals surface area contributed by atoms with Gasteiger partial charge in [-0.05, 0) is 46.6 Å². The van der Waals surface area contributed by atoms with E-state index in [0.29, 0.717) is 0 Å². The Morgan fingerprint density at radius 3 is 2.02 bits per heavy atom. The van der Waals surface area contributed by atoms with Gasteiger partial charge in [0.05, 0.1) is 12.7 Å². The summed E-state index contributed by atoms with van der Waals surface area (Å²) in [6.45, 7) is 6.20. The van der Waals surface area contributed by atoms with Crippen LogP contribution < -0.4 is 10.6 Å². The number of carbonyl (C=O) groups is 3. The first-order chi connectivity index (χ1) is 19.7. The Morgan fingerprint density at radius 1 is 0.854 bits per heavy atom. The third-order valence-electron chi connectivity index (χ3n) is 7.65. The molecule has 2 amide bonds. The summed E-state index contributed by atoms with van der Waals surface area (Å²) in [5, 5.41) is 15.1. The van der Waals surface area contributed by atoms with Gasteiger partial charge >= 0.3 is 12.1 Å². The van der Waals surface area contributed by atoms with E-state index in [4.69, 9.17) is 9.47 Å². The number of amides is 2. The third kappa shape index (κ3) is 7.73. The van der Waals surface area contributed by atoms with E-state index < -0.39 is 30.1 Å². The highest BCUT2D eigenvalue weighted by molar-refractivity contribution is 5.84. The maximum Gasteiger partial charge on any atom is 0.407 e. The second kappa shape index (κ2) is 13.9. The summed E-state index contributed by atoms with van der Waals surface area (Å²) >= 11 is 0. The molecule has 3 aromatic carbocycles. The first-order valence-corrected chi connectivity index (χ1v) is 14.0. The maximum absolute atomic E-state index is 12.9. The number of benzene rings is 3. The molecule has 0 fully saturated rings. The zero-order valence-corrected chi connectivity index (χ0v) is 23.7. The molecule has 0 radical (unpaired) electrons.